The summed E-state index contributed by atoms with van der Waals surface area (Å²) < 4.78 is 56.6. The number of ether oxygens (including phenoxy) is 8. The average molecular weight is 689 g/mol. The molecule has 0 amide bonds. The third kappa shape index (κ3) is 3.15. The average Bonchev–Trinajstić information content (AvgIpc) is 3.69. The molecule has 3 saturated heterocycles. The smallest absolute Gasteiger partial charge is 0.336 e. The van der Waals surface area contributed by atoms with E-state index in [0.29, 0.717) is 5.56 Å². The molecular weight excluding hydrogens is 648 g/mol. The van der Waals surface area contributed by atoms with Crippen LogP contribution >= 0.6 is 0 Å². The van der Waals surface area contributed by atoms with Crippen LogP contribution in [0.15, 0.2) is 23.0 Å². The van der Waals surface area contributed by atoms with E-state index >= 15 is 0 Å². The molecule has 0 radical (unpaired) electrons. The van der Waals surface area contributed by atoms with Gasteiger partial charge in [-0.25, -0.2) is 4.79 Å². The summed E-state index contributed by atoms with van der Waals surface area (Å²) in [6.07, 6.45) is -2.91. The molecule has 2 spiro atoms. The van der Waals surface area contributed by atoms with E-state index in [-0.39, 0.29) is 19.3 Å². The number of carbonyl (C=O) groups excluding carboxylic acids is 5. The second-order valence-corrected chi connectivity index (χ2v) is 15.6. The maximum Gasteiger partial charge on any atom is 0.336 e. The van der Waals surface area contributed by atoms with E-state index in [2.05, 4.69) is 0 Å². The molecule has 4 bridgehead atoms. The zero-order chi connectivity index (χ0) is 35.5. The molecule has 14 atom stereocenters. The van der Waals surface area contributed by atoms with E-state index in [1.807, 2.05) is 6.92 Å². The van der Waals surface area contributed by atoms with Gasteiger partial charge in [-0.05, 0) is 25.3 Å². The minimum Gasteiger partial charge on any atom is -0.472 e. The van der Waals surface area contributed by atoms with E-state index in [1.54, 1.807) is 19.9 Å². The van der Waals surface area contributed by atoms with Gasteiger partial charge in [-0.1, -0.05) is 20.8 Å². The fourth-order valence-corrected chi connectivity index (χ4v) is 12.7. The summed E-state index contributed by atoms with van der Waals surface area (Å²) >= 11 is 0. The third-order valence-electron chi connectivity index (χ3n) is 13.4. The molecule has 49 heavy (non-hydrogen) atoms. The molecular formula is C34H40O15. The van der Waals surface area contributed by atoms with Crippen LogP contribution in [0.4, 0.5) is 0 Å². The Bertz CT molecular complexity index is 1710. The number of furan rings is 1. The van der Waals surface area contributed by atoms with Crippen LogP contribution in [0.25, 0.3) is 0 Å². The van der Waals surface area contributed by atoms with Gasteiger partial charge in [0.05, 0.1) is 25.6 Å². The quantitative estimate of drug-likeness (QED) is 0.349. The van der Waals surface area contributed by atoms with E-state index in [0.717, 1.165) is 13.8 Å². The zero-order valence-electron chi connectivity index (χ0n) is 28.5. The Balaban J connectivity index is 1.53. The lowest BCUT2D eigenvalue weighted by Crippen LogP contribution is -2.95. The SMILES string of the molecule is COC(=O)C1C2(C)CC34OC5(C)OC6(C7C(O)C(=O)OC(c8ccoc8)C7(C)CCC6(O5)C13C)C(OC(C)=O)C4(OC(C)=O)C2OC(C)=O. The van der Waals surface area contributed by atoms with Gasteiger partial charge in [0.2, 0.25) is 5.60 Å². The van der Waals surface area contributed by atoms with Gasteiger partial charge in [-0.3, -0.25) is 19.2 Å². The number of hydrogen-bond acceptors (Lipinski definition) is 15. The van der Waals surface area contributed by atoms with E-state index in [9.17, 15) is 29.1 Å². The Hall–Kier alpha value is -3.53. The van der Waals surface area contributed by atoms with Crippen LogP contribution in [0.3, 0.4) is 0 Å². The number of aliphatic hydroxyl groups excluding tert-OH is 1. The Morgan fingerprint density at radius 1 is 0.878 bits per heavy atom. The van der Waals surface area contributed by atoms with Crippen LogP contribution in [0.5, 0.6) is 0 Å². The van der Waals surface area contributed by atoms with E-state index in [1.165, 1.54) is 33.5 Å². The largest absolute Gasteiger partial charge is 0.472 e. The number of hydrogen-bond donors (Lipinski definition) is 1. The highest BCUT2D eigenvalue weighted by Gasteiger charge is 3.06. The summed E-state index contributed by atoms with van der Waals surface area (Å²) in [5, 5.41) is 12.1. The molecule has 4 aliphatic carbocycles. The summed E-state index contributed by atoms with van der Waals surface area (Å²) in [7, 11) is 1.24. The Kier molecular flexibility index (Phi) is 6.15. The Morgan fingerprint density at radius 2 is 1.53 bits per heavy atom. The molecule has 1 aromatic rings. The molecule has 15 heteroatoms. The fraction of sp³-hybridized carbons (Fsp3) is 0.735. The number of cyclic esters (lactones) is 1. The van der Waals surface area contributed by atoms with Gasteiger partial charge in [0.15, 0.2) is 23.9 Å². The molecule has 3 aliphatic heterocycles. The van der Waals surface area contributed by atoms with Gasteiger partial charge >= 0.3 is 29.8 Å². The zero-order valence-corrected chi connectivity index (χ0v) is 28.5. The van der Waals surface area contributed by atoms with Crippen molar-refractivity contribution in [1.82, 2.24) is 0 Å². The molecule has 1 N–H and O–H groups in total. The fourth-order valence-electron chi connectivity index (χ4n) is 12.7. The first kappa shape index (κ1) is 32.7. The highest BCUT2D eigenvalue weighted by Crippen LogP contribution is 2.90. The van der Waals surface area contributed by atoms with Gasteiger partial charge in [0.25, 0.3) is 5.97 Å². The molecule has 8 rings (SSSR count). The van der Waals surface area contributed by atoms with Gasteiger partial charge in [0, 0.05) is 55.4 Å². The van der Waals surface area contributed by atoms with Crippen molar-refractivity contribution in [2.45, 2.75) is 121 Å². The normalized spacial score (nSPS) is 52.5. The van der Waals surface area contributed by atoms with Crippen LogP contribution in [-0.4, -0.2) is 88.8 Å². The van der Waals surface area contributed by atoms with E-state index in [4.69, 9.17) is 42.3 Å². The number of esters is 5. The first-order valence-corrected chi connectivity index (χ1v) is 16.4. The first-order chi connectivity index (χ1) is 22.8. The summed E-state index contributed by atoms with van der Waals surface area (Å²) in [6, 6.07) is 1.64. The lowest BCUT2D eigenvalue weighted by atomic mass is 9.33. The van der Waals surface area contributed by atoms with Gasteiger partial charge < -0.3 is 47.4 Å². The van der Waals surface area contributed by atoms with Gasteiger partial charge in [-0.2, -0.15) is 0 Å². The minimum atomic E-state index is -2.19. The second kappa shape index (κ2) is 9.22. The first-order valence-electron chi connectivity index (χ1n) is 16.4. The predicted octanol–water partition coefficient (Wildman–Crippen LogP) is 2.02. The van der Waals surface area contributed by atoms with Crippen molar-refractivity contribution in [3.05, 3.63) is 24.2 Å². The molecule has 14 unspecified atom stereocenters. The predicted molar refractivity (Wildman–Crippen MR) is 156 cm³/mol. The highest BCUT2D eigenvalue weighted by molar-refractivity contribution is 5.81. The van der Waals surface area contributed by atoms with E-state index < -0.39 is 111 Å². The molecule has 0 aromatic carbocycles. The van der Waals surface area contributed by atoms with Gasteiger partial charge in [0.1, 0.15) is 17.3 Å². The molecule has 1 aromatic heterocycles. The molecule has 7 fully saturated rings. The van der Waals surface area contributed by atoms with Gasteiger partial charge in [-0.15, -0.1) is 0 Å². The number of fused-ring (bicyclic) bond motifs is 3. The number of methoxy groups -OCH3 is 1. The molecule has 7 aliphatic rings. The molecule has 266 valence electrons. The lowest BCUT2D eigenvalue weighted by Gasteiger charge is -2.77. The second-order valence-electron chi connectivity index (χ2n) is 15.6. The highest BCUT2D eigenvalue weighted by atomic mass is 16.9. The van der Waals surface area contributed by atoms with Crippen molar-refractivity contribution in [3.63, 3.8) is 0 Å². The third-order valence-corrected chi connectivity index (χ3v) is 13.4. The van der Waals surface area contributed by atoms with Crippen LogP contribution in [0.2, 0.25) is 0 Å². The Labute approximate surface area is 281 Å². The van der Waals surface area contributed by atoms with Crippen LogP contribution in [-0.2, 0) is 61.9 Å². The summed E-state index contributed by atoms with van der Waals surface area (Å²) in [6.45, 7) is 10.3. The maximum absolute atomic E-state index is 14.3. The number of carbonyl (C=O) groups is 5. The summed E-state index contributed by atoms with van der Waals surface area (Å²) in [5.41, 5.74) is -11.3. The lowest BCUT2D eigenvalue weighted by molar-refractivity contribution is -0.476. The van der Waals surface area contributed by atoms with Crippen LogP contribution < -0.4 is 0 Å². The van der Waals surface area contributed by atoms with Crippen molar-refractivity contribution < 1.29 is 71.4 Å². The topological polar surface area (TPSA) is 193 Å². The maximum atomic E-state index is 14.3. The van der Waals surface area contributed by atoms with Crippen LogP contribution in [0, 0.1) is 28.1 Å². The molecule has 15 nitrogen and oxygen atoms in total. The van der Waals surface area contributed by atoms with Crippen LogP contribution in [0.1, 0.15) is 79.4 Å². The van der Waals surface area contributed by atoms with Crippen molar-refractivity contribution in [2.75, 3.05) is 7.11 Å². The summed E-state index contributed by atoms with van der Waals surface area (Å²) in [5.74, 6) is -8.55. The monoisotopic (exact) mass is 688 g/mol. The number of rotatable bonds is 5. The van der Waals surface area contributed by atoms with Crippen molar-refractivity contribution in [3.8, 4) is 0 Å². The summed E-state index contributed by atoms with van der Waals surface area (Å²) in [4.78, 5) is 67.9. The van der Waals surface area contributed by atoms with Crippen molar-refractivity contribution in [2.24, 2.45) is 28.1 Å². The minimum absolute atomic E-state index is 0.0381. The van der Waals surface area contributed by atoms with Crippen molar-refractivity contribution in [1.29, 1.82) is 0 Å². The molecule has 4 saturated carbocycles. The standard InChI is InChI=1S/C34H40O15/c1-15(35)43-25-28(5)14-32-29(6,21(28)24(40)41-8)31-11-10-27(4)20(19(38)23(39)45-22(27)18-9-12-42-13-18)33(31,49-30(7,47-31)48-32)26(44-16(2)36)34(25,32)46-17(3)37/h9,12-13,19-22,25-26,38H,10-11,14H2,1-8H3. The molecule has 4 heterocycles. The van der Waals surface area contributed by atoms with Crippen molar-refractivity contribution >= 4 is 29.8 Å². The number of aliphatic hydroxyl groups is 1. The Morgan fingerprint density at radius 3 is 2.12 bits per heavy atom.